The van der Waals surface area contributed by atoms with Gasteiger partial charge >= 0.3 is 5.97 Å². The number of rotatable bonds is 6. The van der Waals surface area contributed by atoms with Crippen LogP contribution in [0.3, 0.4) is 0 Å². The Morgan fingerprint density at radius 2 is 2.00 bits per heavy atom. The Balaban J connectivity index is 2.27. The quantitative estimate of drug-likeness (QED) is 0.743. The molecule has 0 fully saturated rings. The van der Waals surface area contributed by atoms with Gasteiger partial charge < -0.3 is 9.47 Å². The van der Waals surface area contributed by atoms with Crippen molar-refractivity contribution in [2.45, 2.75) is 13.0 Å². The van der Waals surface area contributed by atoms with Crippen LogP contribution < -0.4 is 0 Å². The summed E-state index contributed by atoms with van der Waals surface area (Å²) in [4.78, 5) is 11.7. The number of benzene rings is 1. The van der Waals surface area contributed by atoms with Crippen LogP contribution in [0.1, 0.15) is 21.7 Å². The van der Waals surface area contributed by atoms with Gasteiger partial charge in [-0.1, -0.05) is 33.3 Å². The highest BCUT2D eigenvalue weighted by atomic mass is 79.9. The van der Waals surface area contributed by atoms with Crippen molar-refractivity contribution < 1.29 is 14.3 Å². The molecule has 0 unspecified atom stereocenters. The molecule has 1 aromatic carbocycles. The number of ether oxygens (including phenoxy) is 2. The fourth-order valence-electron chi connectivity index (χ4n) is 1.92. The van der Waals surface area contributed by atoms with Crippen LogP contribution in [-0.4, -0.2) is 41.8 Å². The van der Waals surface area contributed by atoms with Gasteiger partial charge in [0.15, 0.2) is 5.69 Å². The standard InChI is InChI=1S/C14H16BrN3O3/c1-20-8-7-12-13(14(19)21-2)16-17-18(12)9-10-3-5-11(15)6-4-10/h3-6H,7-9H2,1-2H3. The SMILES string of the molecule is COCCc1c(C(=O)OC)nnn1Cc1ccc(Br)cc1. The fourth-order valence-corrected chi connectivity index (χ4v) is 2.19. The molecule has 2 rings (SSSR count). The molecule has 1 aromatic heterocycles. The maximum absolute atomic E-state index is 11.7. The summed E-state index contributed by atoms with van der Waals surface area (Å²) >= 11 is 3.40. The number of hydrogen-bond acceptors (Lipinski definition) is 5. The first-order chi connectivity index (χ1) is 10.2. The third kappa shape index (κ3) is 3.89. The molecule has 112 valence electrons. The van der Waals surface area contributed by atoms with E-state index >= 15 is 0 Å². The van der Waals surface area contributed by atoms with Crippen LogP contribution in [0, 0.1) is 0 Å². The first-order valence-electron chi connectivity index (χ1n) is 6.39. The maximum Gasteiger partial charge on any atom is 0.360 e. The zero-order valence-electron chi connectivity index (χ0n) is 11.9. The van der Waals surface area contributed by atoms with Crippen LogP contribution in [0.15, 0.2) is 28.7 Å². The Hall–Kier alpha value is -1.73. The van der Waals surface area contributed by atoms with E-state index in [1.54, 1.807) is 11.8 Å². The smallest absolute Gasteiger partial charge is 0.360 e. The predicted molar refractivity (Wildman–Crippen MR) is 80.2 cm³/mol. The van der Waals surface area contributed by atoms with Gasteiger partial charge in [-0.3, -0.25) is 0 Å². The Kier molecular flexibility index (Phi) is 5.46. The van der Waals surface area contributed by atoms with E-state index in [0.29, 0.717) is 25.3 Å². The van der Waals surface area contributed by atoms with Crippen LogP contribution in [0.25, 0.3) is 0 Å². The molecule has 0 aliphatic rings. The van der Waals surface area contributed by atoms with Gasteiger partial charge in [-0.05, 0) is 17.7 Å². The summed E-state index contributed by atoms with van der Waals surface area (Å²) in [5.41, 5.74) is 2.02. The zero-order chi connectivity index (χ0) is 15.2. The average molecular weight is 354 g/mol. The van der Waals surface area contributed by atoms with Crippen molar-refractivity contribution in [3.63, 3.8) is 0 Å². The summed E-state index contributed by atoms with van der Waals surface area (Å²) in [7, 11) is 2.94. The molecule has 0 bridgehead atoms. The third-order valence-corrected chi connectivity index (χ3v) is 3.53. The number of methoxy groups -OCH3 is 2. The third-order valence-electron chi connectivity index (χ3n) is 3.00. The Morgan fingerprint density at radius 1 is 1.29 bits per heavy atom. The van der Waals surface area contributed by atoms with Gasteiger partial charge in [-0.2, -0.15) is 0 Å². The molecule has 2 aromatic rings. The topological polar surface area (TPSA) is 66.2 Å². The van der Waals surface area contributed by atoms with Gasteiger partial charge in [-0.15, -0.1) is 5.10 Å². The monoisotopic (exact) mass is 353 g/mol. The lowest BCUT2D eigenvalue weighted by Gasteiger charge is -2.07. The highest BCUT2D eigenvalue weighted by molar-refractivity contribution is 9.10. The Labute approximate surface area is 131 Å². The number of nitrogens with zero attached hydrogens (tertiary/aromatic N) is 3. The molecule has 0 aliphatic heterocycles. The van der Waals surface area contributed by atoms with Crippen LogP contribution in [0.2, 0.25) is 0 Å². The molecular formula is C14H16BrN3O3. The van der Waals surface area contributed by atoms with Crippen LogP contribution in [-0.2, 0) is 22.4 Å². The first-order valence-corrected chi connectivity index (χ1v) is 7.19. The number of aromatic nitrogens is 3. The van der Waals surface area contributed by atoms with E-state index in [1.807, 2.05) is 24.3 Å². The molecule has 0 saturated carbocycles. The summed E-state index contributed by atoms with van der Waals surface area (Å²) in [5.74, 6) is -0.483. The van der Waals surface area contributed by atoms with Crippen molar-refractivity contribution in [2.75, 3.05) is 20.8 Å². The summed E-state index contributed by atoms with van der Waals surface area (Å²) < 4.78 is 12.5. The summed E-state index contributed by atoms with van der Waals surface area (Å²) in [6, 6.07) is 7.90. The molecular weight excluding hydrogens is 338 g/mol. The molecule has 0 N–H and O–H groups in total. The molecule has 0 aliphatic carbocycles. The second-order valence-corrected chi connectivity index (χ2v) is 5.32. The van der Waals surface area contributed by atoms with E-state index in [1.165, 1.54) is 7.11 Å². The minimum absolute atomic E-state index is 0.242. The van der Waals surface area contributed by atoms with Gasteiger partial charge in [0.05, 0.1) is 26.0 Å². The van der Waals surface area contributed by atoms with E-state index in [0.717, 1.165) is 10.0 Å². The molecule has 1 heterocycles. The van der Waals surface area contributed by atoms with Crippen LogP contribution in [0.5, 0.6) is 0 Å². The van der Waals surface area contributed by atoms with E-state index < -0.39 is 5.97 Å². The molecule has 0 radical (unpaired) electrons. The van der Waals surface area contributed by atoms with Gasteiger partial charge in [0, 0.05) is 18.0 Å². The maximum atomic E-state index is 11.7. The van der Waals surface area contributed by atoms with Crippen LogP contribution >= 0.6 is 15.9 Å². The molecule has 21 heavy (non-hydrogen) atoms. The molecule has 0 atom stereocenters. The number of esters is 1. The van der Waals surface area contributed by atoms with Crippen molar-refractivity contribution in [1.29, 1.82) is 0 Å². The molecule has 6 nitrogen and oxygen atoms in total. The lowest BCUT2D eigenvalue weighted by Crippen LogP contribution is -2.12. The van der Waals surface area contributed by atoms with E-state index in [-0.39, 0.29) is 5.69 Å². The largest absolute Gasteiger partial charge is 0.464 e. The van der Waals surface area contributed by atoms with Gasteiger partial charge in [-0.25, -0.2) is 9.48 Å². The fraction of sp³-hybridized carbons (Fsp3) is 0.357. The van der Waals surface area contributed by atoms with Crippen molar-refractivity contribution >= 4 is 21.9 Å². The summed E-state index contributed by atoms with van der Waals surface area (Å²) in [6.45, 7) is 1.02. The number of halogens is 1. The van der Waals surface area contributed by atoms with Gasteiger partial charge in [0.2, 0.25) is 0 Å². The second-order valence-electron chi connectivity index (χ2n) is 4.40. The number of carbonyl (C=O) groups excluding carboxylic acids is 1. The van der Waals surface area contributed by atoms with E-state index in [2.05, 4.69) is 26.2 Å². The van der Waals surface area contributed by atoms with Crippen molar-refractivity contribution in [1.82, 2.24) is 15.0 Å². The Bertz CT molecular complexity index is 610. The number of carbonyl (C=O) groups is 1. The van der Waals surface area contributed by atoms with Gasteiger partial charge in [0.25, 0.3) is 0 Å². The molecule has 0 saturated heterocycles. The van der Waals surface area contributed by atoms with E-state index in [4.69, 9.17) is 9.47 Å². The highest BCUT2D eigenvalue weighted by Crippen LogP contribution is 2.14. The van der Waals surface area contributed by atoms with Crippen molar-refractivity contribution in [3.05, 3.63) is 45.7 Å². The average Bonchev–Trinajstić information content (AvgIpc) is 2.89. The molecule has 0 amide bonds. The zero-order valence-corrected chi connectivity index (χ0v) is 13.5. The van der Waals surface area contributed by atoms with Crippen molar-refractivity contribution in [2.24, 2.45) is 0 Å². The summed E-state index contributed by atoms with van der Waals surface area (Å²) in [5, 5.41) is 7.98. The molecule has 7 heteroatoms. The normalized spacial score (nSPS) is 10.6. The lowest BCUT2D eigenvalue weighted by atomic mass is 10.2. The van der Waals surface area contributed by atoms with Gasteiger partial charge in [0.1, 0.15) is 0 Å². The van der Waals surface area contributed by atoms with Crippen molar-refractivity contribution in [3.8, 4) is 0 Å². The van der Waals surface area contributed by atoms with Crippen LogP contribution in [0.4, 0.5) is 0 Å². The summed E-state index contributed by atoms with van der Waals surface area (Å²) in [6.07, 6.45) is 0.546. The molecule has 0 spiro atoms. The number of hydrogen-bond donors (Lipinski definition) is 0. The van der Waals surface area contributed by atoms with E-state index in [9.17, 15) is 4.79 Å². The predicted octanol–water partition coefficient (Wildman–Crippen LogP) is 2.06. The minimum Gasteiger partial charge on any atom is -0.464 e. The Morgan fingerprint density at radius 3 is 2.62 bits per heavy atom. The minimum atomic E-state index is -0.483. The highest BCUT2D eigenvalue weighted by Gasteiger charge is 2.20. The lowest BCUT2D eigenvalue weighted by molar-refractivity contribution is 0.0592. The first kappa shape index (κ1) is 15.7. The second kappa shape index (κ2) is 7.33.